The lowest BCUT2D eigenvalue weighted by molar-refractivity contribution is -0.144. The quantitative estimate of drug-likeness (QED) is 0.630. The third-order valence-corrected chi connectivity index (χ3v) is 2.32. The van der Waals surface area contributed by atoms with Crippen molar-refractivity contribution in [1.29, 1.82) is 0 Å². The van der Waals surface area contributed by atoms with Gasteiger partial charge in [0.2, 0.25) is 0 Å². The van der Waals surface area contributed by atoms with Crippen molar-refractivity contribution in [2.75, 3.05) is 7.11 Å². The fourth-order valence-corrected chi connectivity index (χ4v) is 1.33. The van der Waals surface area contributed by atoms with E-state index < -0.39 is 42.0 Å². The molecular formula is C11H11F3O4. The van der Waals surface area contributed by atoms with E-state index in [1.54, 1.807) is 0 Å². The normalized spacial score (nSPS) is 14.1. The summed E-state index contributed by atoms with van der Waals surface area (Å²) in [6.07, 6.45) is -3.89. The number of carbonyl (C=O) groups is 1. The topological polar surface area (TPSA) is 66.8 Å². The second-order valence-corrected chi connectivity index (χ2v) is 3.59. The Hall–Kier alpha value is -1.60. The van der Waals surface area contributed by atoms with Gasteiger partial charge >= 0.3 is 5.97 Å². The maximum atomic E-state index is 12.9. The summed E-state index contributed by atoms with van der Waals surface area (Å²) in [4.78, 5) is 10.8. The summed E-state index contributed by atoms with van der Waals surface area (Å²) in [5, 5.41) is 19.0. The van der Waals surface area contributed by atoms with Crippen molar-refractivity contribution in [3.63, 3.8) is 0 Å². The zero-order valence-corrected chi connectivity index (χ0v) is 9.36. The maximum absolute atomic E-state index is 12.9. The van der Waals surface area contributed by atoms with Crippen molar-refractivity contribution in [2.24, 2.45) is 0 Å². The van der Waals surface area contributed by atoms with Gasteiger partial charge in [0.25, 0.3) is 0 Å². The Morgan fingerprint density at radius 1 is 1.28 bits per heavy atom. The highest BCUT2D eigenvalue weighted by atomic mass is 19.2. The lowest BCUT2D eigenvalue weighted by atomic mass is 10.0. The molecule has 0 amide bonds. The summed E-state index contributed by atoms with van der Waals surface area (Å²) < 4.78 is 42.7. The van der Waals surface area contributed by atoms with E-state index in [1.165, 1.54) is 0 Å². The van der Waals surface area contributed by atoms with Crippen molar-refractivity contribution in [1.82, 2.24) is 0 Å². The molecule has 0 aliphatic rings. The van der Waals surface area contributed by atoms with Gasteiger partial charge in [-0.1, -0.05) is 0 Å². The van der Waals surface area contributed by atoms with Crippen LogP contribution < -0.4 is 0 Å². The predicted molar refractivity (Wildman–Crippen MR) is 53.9 cm³/mol. The van der Waals surface area contributed by atoms with Crippen LogP contribution in [0.25, 0.3) is 0 Å². The maximum Gasteiger partial charge on any atom is 0.308 e. The van der Waals surface area contributed by atoms with Crippen molar-refractivity contribution < 1.29 is 32.9 Å². The third kappa shape index (κ3) is 3.21. The number of hydrogen-bond donors (Lipinski definition) is 2. The molecule has 0 fully saturated rings. The number of carbonyl (C=O) groups excluding carboxylic acids is 1. The summed E-state index contributed by atoms with van der Waals surface area (Å²) in [6, 6.07) is 1.09. The Balaban J connectivity index is 2.90. The van der Waals surface area contributed by atoms with Crippen molar-refractivity contribution in [3.05, 3.63) is 35.1 Å². The van der Waals surface area contributed by atoms with Crippen LogP contribution in [0.4, 0.5) is 13.2 Å². The highest BCUT2D eigenvalue weighted by Gasteiger charge is 2.24. The van der Waals surface area contributed by atoms with Gasteiger partial charge in [0.15, 0.2) is 17.5 Å². The van der Waals surface area contributed by atoms with Crippen LogP contribution in [0, 0.1) is 17.5 Å². The molecule has 0 saturated carbocycles. The van der Waals surface area contributed by atoms with Crippen LogP contribution in [0.5, 0.6) is 0 Å². The Bertz CT molecular complexity index is 427. The fourth-order valence-electron chi connectivity index (χ4n) is 1.33. The van der Waals surface area contributed by atoms with E-state index in [2.05, 4.69) is 4.74 Å². The van der Waals surface area contributed by atoms with E-state index in [0.29, 0.717) is 12.1 Å². The van der Waals surface area contributed by atoms with Crippen LogP contribution in [-0.4, -0.2) is 29.4 Å². The molecule has 0 radical (unpaired) electrons. The molecule has 0 aliphatic carbocycles. The van der Waals surface area contributed by atoms with Crippen LogP contribution in [0.1, 0.15) is 18.1 Å². The molecule has 2 N–H and O–H groups in total. The summed E-state index contributed by atoms with van der Waals surface area (Å²) in [6.45, 7) is 0. The van der Waals surface area contributed by atoms with E-state index in [9.17, 15) is 28.2 Å². The lowest BCUT2D eigenvalue weighted by Gasteiger charge is -2.17. The van der Waals surface area contributed by atoms with Gasteiger partial charge in [0.1, 0.15) is 6.10 Å². The minimum absolute atomic E-state index is 0.372. The fraction of sp³-hybridized carbons (Fsp3) is 0.364. The molecule has 100 valence electrons. The molecule has 2 atom stereocenters. The van der Waals surface area contributed by atoms with Gasteiger partial charge in [0, 0.05) is 0 Å². The van der Waals surface area contributed by atoms with Crippen LogP contribution >= 0.6 is 0 Å². The summed E-state index contributed by atoms with van der Waals surface area (Å²) in [7, 11) is 1.08. The van der Waals surface area contributed by atoms with Gasteiger partial charge in [-0.25, -0.2) is 13.2 Å². The first-order valence-corrected chi connectivity index (χ1v) is 4.94. The van der Waals surface area contributed by atoms with E-state index in [-0.39, 0.29) is 5.56 Å². The summed E-state index contributed by atoms with van der Waals surface area (Å²) in [5.41, 5.74) is -0.372. The number of ether oxygens (including phenoxy) is 1. The molecule has 0 saturated heterocycles. The van der Waals surface area contributed by atoms with Gasteiger partial charge in [0.05, 0.1) is 19.6 Å². The minimum atomic E-state index is -1.73. The van der Waals surface area contributed by atoms with Crippen LogP contribution in [0.15, 0.2) is 12.1 Å². The summed E-state index contributed by atoms with van der Waals surface area (Å²) in [5.74, 6) is -5.46. The number of hydrogen-bond acceptors (Lipinski definition) is 4. The molecule has 1 aromatic carbocycles. The minimum Gasteiger partial charge on any atom is -0.469 e. The Morgan fingerprint density at radius 2 is 1.78 bits per heavy atom. The molecule has 0 aliphatic heterocycles. The highest BCUT2D eigenvalue weighted by molar-refractivity contribution is 5.69. The lowest BCUT2D eigenvalue weighted by Crippen LogP contribution is -2.23. The Labute approximate surface area is 101 Å². The molecule has 4 nitrogen and oxygen atoms in total. The molecule has 0 spiro atoms. The monoisotopic (exact) mass is 264 g/mol. The third-order valence-electron chi connectivity index (χ3n) is 2.32. The highest BCUT2D eigenvalue weighted by Crippen LogP contribution is 2.23. The summed E-state index contributed by atoms with van der Waals surface area (Å²) >= 11 is 0. The van der Waals surface area contributed by atoms with Crippen LogP contribution in [-0.2, 0) is 9.53 Å². The predicted octanol–water partition coefficient (Wildman–Crippen LogP) is 1.06. The Kier molecular flexibility index (Phi) is 4.69. The number of esters is 1. The van der Waals surface area contributed by atoms with Crippen LogP contribution in [0.2, 0.25) is 0 Å². The van der Waals surface area contributed by atoms with Crippen molar-refractivity contribution >= 4 is 5.97 Å². The van der Waals surface area contributed by atoms with E-state index in [1.807, 2.05) is 0 Å². The largest absolute Gasteiger partial charge is 0.469 e. The first-order valence-electron chi connectivity index (χ1n) is 4.94. The van der Waals surface area contributed by atoms with Gasteiger partial charge in [-0.05, 0) is 17.7 Å². The number of aliphatic hydroxyl groups excluding tert-OH is 2. The molecule has 7 heteroatoms. The molecule has 2 unspecified atom stereocenters. The smallest absolute Gasteiger partial charge is 0.308 e. The SMILES string of the molecule is COC(=O)CC(O)C(O)c1cc(F)c(F)c(F)c1. The van der Waals surface area contributed by atoms with Crippen molar-refractivity contribution in [2.45, 2.75) is 18.6 Å². The standard InChI is InChI=1S/C11H11F3O4/c1-18-9(16)4-8(15)11(17)5-2-6(12)10(14)7(13)3-5/h2-3,8,11,15,17H,4H2,1H3. The van der Waals surface area contributed by atoms with Crippen LogP contribution in [0.3, 0.4) is 0 Å². The van der Waals surface area contributed by atoms with Gasteiger partial charge in [-0.3, -0.25) is 4.79 Å². The molecule has 1 rings (SSSR count). The molecule has 1 aromatic rings. The van der Waals surface area contributed by atoms with E-state index in [4.69, 9.17) is 0 Å². The number of benzene rings is 1. The molecular weight excluding hydrogens is 253 g/mol. The zero-order valence-electron chi connectivity index (χ0n) is 9.36. The number of rotatable bonds is 4. The second kappa shape index (κ2) is 5.83. The van der Waals surface area contributed by atoms with E-state index in [0.717, 1.165) is 7.11 Å². The first kappa shape index (κ1) is 14.5. The number of halogens is 3. The Morgan fingerprint density at radius 3 is 2.22 bits per heavy atom. The zero-order chi connectivity index (χ0) is 13.9. The molecule has 0 aromatic heterocycles. The van der Waals surface area contributed by atoms with Gasteiger partial charge < -0.3 is 14.9 Å². The molecule has 0 heterocycles. The van der Waals surface area contributed by atoms with Gasteiger partial charge in [-0.15, -0.1) is 0 Å². The van der Waals surface area contributed by atoms with Crippen molar-refractivity contribution in [3.8, 4) is 0 Å². The number of methoxy groups -OCH3 is 1. The van der Waals surface area contributed by atoms with E-state index >= 15 is 0 Å². The number of aliphatic hydroxyl groups is 2. The molecule has 18 heavy (non-hydrogen) atoms. The van der Waals surface area contributed by atoms with Gasteiger partial charge in [-0.2, -0.15) is 0 Å². The average molecular weight is 264 g/mol. The molecule has 0 bridgehead atoms. The second-order valence-electron chi connectivity index (χ2n) is 3.59. The average Bonchev–Trinajstić information content (AvgIpc) is 2.33. The first-order chi connectivity index (χ1) is 8.36.